The number of carbonyl (C=O) groups is 2. The van der Waals surface area contributed by atoms with Crippen LogP contribution >= 0.6 is 0 Å². The maximum Gasteiger partial charge on any atom is 0.374 e. The van der Waals surface area contributed by atoms with Crippen molar-refractivity contribution >= 4 is 32.9 Å². The summed E-state index contributed by atoms with van der Waals surface area (Å²) in [6.07, 6.45) is 5.06. The number of furan rings is 1. The summed E-state index contributed by atoms with van der Waals surface area (Å²) in [7, 11) is -3.77. The molecule has 160 valence electrons. The zero-order valence-corrected chi connectivity index (χ0v) is 17.4. The fourth-order valence-corrected chi connectivity index (χ4v) is 3.75. The molecule has 0 amide bonds. The van der Waals surface area contributed by atoms with Crippen molar-refractivity contribution < 1.29 is 31.9 Å². The number of terminal acetylenes is 1. The van der Waals surface area contributed by atoms with E-state index in [1.54, 1.807) is 31.2 Å². The highest BCUT2D eigenvalue weighted by Crippen LogP contribution is 2.27. The molecule has 1 heterocycles. The first-order chi connectivity index (χ1) is 14.9. The molecule has 0 aliphatic rings. The average Bonchev–Trinajstić information content (AvgIpc) is 3.15. The van der Waals surface area contributed by atoms with Gasteiger partial charge in [-0.2, -0.15) is 4.72 Å². The van der Waals surface area contributed by atoms with Crippen molar-refractivity contribution in [3.8, 4) is 12.3 Å². The molecule has 8 nitrogen and oxygen atoms in total. The molecular weight excluding hydrogens is 422 g/mol. The lowest BCUT2D eigenvalue weighted by molar-refractivity contribution is 0.0435. The molecule has 0 fully saturated rings. The maximum atomic E-state index is 12.5. The third kappa shape index (κ3) is 4.94. The third-order valence-electron chi connectivity index (χ3n) is 4.27. The van der Waals surface area contributed by atoms with Gasteiger partial charge in [-0.3, -0.25) is 0 Å². The van der Waals surface area contributed by atoms with E-state index in [9.17, 15) is 18.0 Å². The molecule has 0 unspecified atom stereocenters. The summed E-state index contributed by atoms with van der Waals surface area (Å²) in [6, 6.07) is 12.2. The number of esters is 2. The maximum absolute atomic E-state index is 12.5. The van der Waals surface area contributed by atoms with Crippen LogP contribution in [0.5, 0.6) is 0 Å². The van der Waals surface area contributed by atoms with Crippen LogP contribution in [0.1, 0.15) is 33.4 Å². The molecule has 3 aromatic rings. The largest absolute Gasteiger partial charge is 0.460 e. The van der Waals surface area contributed by atoms with Crippen LogP contribution in [-0.4, -0.2) is 33.5 Å². The van der Waals surface area contributed by atoms with Crippen molar-refractivity contribution in [3.63, 3.8) is 0 Å². The first-order valence-corrected chi connectivity index (χ1v) is 10.7. The zero-order valence-electron chi connectivity index (χ0n) is 16.6. The first kappa shape index (κ1) is 22.1. The normalized spacial score (nSPS) is 11.1. The number of hydrogen-bond donors (Lipinski definition) is 1. The number of hydrogen-bond acceptors (Lipinski definition) is 7. The van der Waals surface area contributed by atoms with Crippen LogP contribution < -0.4 is 4.72 Å². The molecule has 0 atom stereocenters. The third-order valence-corrected chi connectivity index (χ3v) is 5.69. The second kappa shape index (κ2) is 9.47. The number of benzene rings is 2. The summed E-state index contributed by atoms with van der Waals surface area (Å²) in [5, 5.41) is 0.624. The van der Waals surface area contributed by atoms with Crippen molar-refractivity contribution in [1.82, 2.24) is 4.72 Å². The molecule has 3 rings (SSSR count). The Labute approximate surface area is 179 Å². The predicted molar refractivity (Wildman–Crippen MR) is 112 cm³/mol. The second-order valence-corrected chi connectivity index (χ2v) is 8.02. The van der Waals surface area contributed by atoms with Gasteiger partial charge in [-0.05, 0) is 37.3 Å². The molecule has 0 saturated heterocycles. The van der Waals surface area contributed by atoms with Gasteiger partial charge in [0.2, 0.25) is 15.8 Å². The van der Waals surface area contributed by atoms with E-state index in [1.165, 1.54) is 24.3 Å². The van der Waals surface area contributed by atoms with Gasteiger partial charge in [0.25, 0.3) is 0 Å². The molecular formula is C22H19NO7S. The fourth-order valence-electron chi connectivity index (χ4n) is 2.81. The molecule has 1 aromatic heterocycles. The Balaban J connectivity index is 1.78. The van der Waals surface area contributed by atoms with E-state index < -0.39 is 22.0 Å². The molecule has 31 heavy (non-hydrogen) atoms. The number of sulfonamides is 1. The Hall–Kier alpha value is -3.61. The minimum Gasteiger partial charge on any atom is -0.460 e. The van der Waals surface area contributed by atoms with Crippen LogP contribution in [0.4, 0.5) is 0 Å². The average molecular weight is 441 g/mol. The van der Waals surface area contributed by atoms with E-state index in [0.717, 1.165) is 0 Å². The number of fused-ring (bicyclic) bond motifs is 1. The van der Waals surface area contributed by atoms with Crippen LogP contribution in [0.2, 0.25) is 0 Å². The molecule has 2 aromatic carbocycles. The fraction of sp³-hybridized carbons (Fsp3) is 0.182. The summed E-state index contributed by atoms with van der Waals surface area (Å²) >= 11 is 0. The van der Waals surface area contributed by atoms with Crippen LogP contribution in [0.15, 0.2) is 57.8 Å². The summed E-state index contributed by atoms with van der Waals surface area (Å²) in [4.78, 5) is 24.6. The first-order valence-electron chi connectivity index (χ1n) is 9.25. The Morgan fingerprint density at radius 1 is 1.06 bits per heavy atom. The van der Waals surface area contributed by atoms with Crippen molar-refractivity contribution in [3.05, 3.63) is 65.4 Å². The predicted octanol–water partition coefficient (Wildman–Crippen LogP) is 2.88. The van der Waals surface area contributed by atoms with E-state index in [-0.39, 0.29) is 36.0 Å². The summed E-state index contributed by atoms with van der Waals surface area (Å²) in [5.74, 6) is 0.803. The van der Waals surface area contributed by atoms with Gasteiger partial charge in [0.15, 0.2) is 0 Å². The van der Waals surface area contributed by atoms with Gasteiger partial charge in [-0.25, -0.2) is 18.0 Å². The minimum absolute atomic E-state index is 0.0307. The standard InChI is InChI=1S/C22H19NO7S/c1-3-13-23-31(26,27)16-11-9-15(10-12-16)21(24)29-14-18-17-7-5-6-8-19(17)30-20(18)22(25)28-4-2/h1,5-12,23H,4,13-14H2,2H3. The molecule has 0 aliphatic carbocycles. The second-order valence-electron chi connectivity index (χ2n) is 6.26. The lowest BCUT2D eigenvalue weighted by atomic mass is 10.1. The molecule has 1 N–H and O–H groups in total. The highest BCUT2D eigenvalue weighted by atomic mass is 32.2. The highest BCUT2D eigenvalue weighted by Gasteiger charge is 2.23. The Morgan fingerprint density at radius 3 is 2.45 bits per heavy atom. The molecule has 0 aliphatic heterocycles. The van der Waals surface area contributed by atoms with Gasteiger partial charge >= 0.3 is 11.9 Å². The van der Waals surface area contributed by atoms with E-state index in [0.29, 0.717) is 16.5 Å². The Bertz CT molecular complexity index is 1250. The van der Waals surface area contributed by atoms with Crippen LogP contribution in [0, 0.1) is 12.3 Å². The molecule has 0 radical (unpaired) electrons. The Kier molecular flexibility index (Phi) is 6.74. The van der Waals surface area contributed by atoms with Crippen molar-refractivity contribution in [1.29, 1.82) is 0 Å². The number of nitrogens with one attached hydrogen (secondary N) is 1. The van der Waals surface area contributed by atoms with Crippen LogP contribution in [0.3, 0.4) is 0 Å². The van der Waals surface area contributed by atoms with Crippen molar-refractivity contribution in [2.45, 2.75) is 18.4 Å². The minimum atomic E-state index is -3.77. The highest BCUT2D eigenvalue weighted by molar-refractivity contribution is 7.89. The summed E-state index contributed by atoms with van der Waals surface area (Å²) in [5.41, 5.74) is 0.993. The summed E-state index contributed by atoms with van der Waals surface area (Å²) < 4.78 is 42.3. The van der Waals surface area contributed by atoms with E-state index in [1.807, 2.05) is 0 Å². The molecule has 0 bridgehead atoms. The smallest absolute Gasteiger partial charge is 0.374 e. The number of para-hydroxylation sites is 1. The SMILES string of the molecule is C#CCNS(=O)(=O)c1ccc(C(=O)OCc2c(C(=O)OCC)oc3ccccc23)cc1. The van der Waals surface area contributed by atoms with Gasteiger partial charge in [0.05, 0.1) is 29.2 Å². The lowest BCUT2D eigenvalue weighted by Crippen LogP contribution is -2.23. The zero-order chi connectivity index (χ0) is 22.4. The van der Waals surface area contributed by atoms with Crippen molar-refractivity contribution in [2.75, 3.05) is 13.2 Å². The van der Waals surface area contributed by atoms with Crippen LogP contribution in [-0.2, 0) is 26.1 Å². The van der Waals surface area contributed by atoms with Gasteiger partial charge in [-0.1, -0.05) is 24.1 Å². The van der Waals surface area contributed by atoms with Gasteiger partial charge in [0, 0.05) is 5.39 Å². The topological polar surface area (TPSA) is 112 Å². The summed E-state index contributed by atoms with van der Waals surface area (Å²) in [6.45, 7) is 1.47. The van der Waals surface area contributed by atoms with Gasteiger partial charge in [0.1, 0.15) is 12.2 Å². The number of ether oxygens (including phenoxy) is 2. The number of rotatable bonds is 8. The van der Waals surface area contributed by atoms with Gasteiger partial charge < -0.3 is 13.9 Å². The lowest BCUT2D eigenvalue weighted by Gasteiger charge is -2.07. The molecule has 0 saturated carbocycles. The molecule has 9 heteroatoms. The van der Waals surface area contributed by atoms with Crippen molar-refractivity contribution in [2.24, 2.45) is 0 Å². The van der Waals surface area contributed by atoms with E-state index in [4.69, 9.17) is 20.3 Å². The monoisotopic (exact) mass is 441 g/mol. The number of carbonyl (C=O) groups excluding carboxylic acids is 2. The van der Waals surface area contributed by atoms with Gasteiger partial charge in [-0.15, -0.1) is 6.42 Å². The van der Waals surface area contributed by atoms with E-state index >= 15 is 0 Å². The Morgan fingerprint density at radius 2 is 1.77 bits per heavy atom. The quantitative estimate of drug-likeness (QED) is 0.423. The van der Waals surface area contributed by atoms with Crippen LogP contribution in [0.25, 0.3) is 11.0 Å². The molecule has 0 spiro atoms. The van der Waals surface area contributed by atoms with E-state index in [2.05, 4.69) is 10.6 Å².